The molecule has 0 unspecified atom stereocenters. The van der Waals surface area contributed by atoms with E-state index in [1.165, 1.54) is 5.57 Å². The van der Waals surface area contributed by atoms with E-state index in [4.69, 9.17) is 9.47 Å². The van der Waals surface area contributed by atoms with Crippen molar-refractivity contribution >= 4 is 5.96 Å². The van der Waals surface area contributed by atoms with Gasteiger partial charge in [-0.2, -0.15) is 0 Å². The van der Waals surface area contributed by atoms with Gasteiger partial charge in [-0.05, 0) is 33.2 Å². The van der Waals surface area contributed by atoms with Gasteiger partial charge in [0.1, 0.15) is 0 Å². The molecule has 0 atom stereocenters. The van der Waals surface area contributed by atoms with Crippen molar-refractivity contribution < 1.29 is 9.47 Å². The molecule has 6 nitrogen and oxygen atoms in total. The zero-order valence-corrected chi connectivity index (χ0v) is 15.1. The molecule has 0 aromatic heterocycles. The molecule has 0 bridgehead atoms. The molecule has 0 aliphatic carbocycles. The van der Waals surface area contributed by atoms with Gasteiger partial charge in [0.05, 0.1) is 19.8 Å². The normalized spacial score (nSPS) is 15.7. The number of methoxy groups -OCH3 is 1. The standard InChI is InChI=1S/C17H34N4O2/c1-4-18-17(19-9-6-16-7-14-23-15-8-16)20-10-12-21(2)11-5-13-22-3/h7H,4-6,8-15H2,1-3H3,(H2,18,19,20). The molecule has 0 aromatic carbocycles. The van der Waals surface area contributed by atoms with Crippen LogP contribution >= 0.6 is 0 Å². The average molecular weight is 326 g/mol. The van der Waals surface area contributed by atoms with Crippen molar-refractivity contribution in [3.05, 3.63) is 11.6 Å². The first-order chi connectivity index (χ1) is 11.3. The molecule has 1 aliphatic rings. The highest BCUT2D eigenvalue weighted by molar-refractivity contribution is 5.79. The third-order valence-electron chi connectivity index (χ3n) is 3.78. The molecule has 1 heterocycles. The van der Waals surface area contributed by atoms with Gasteiger partial charge < -0.3 is 25.0 Å². The Hall–Kier alpha value is -1.11. The van der Waals surface area contributed by atoms with Gasteiger partial charge in [0.25, 0.3) is 0 Å². The predicted octanol–water partition coefficient (Wildman–Crippen LogP) is 1.25. The maximum Gasteiger partial charge on any atom is 0.191 e. The quantitative estimate of drug-likeness (QED) is 0.259. The number of likely N-dealkylation sites (N-methyl/N-ethyl adjacent to an activating group) is 1. The van der Waals surface area contributed by atoms with Crippen LogP contribution in [0, 0.1) is 0 Å². The molecule has 23 heavy (non-hydrogen) atoms. The van der Waals surface area contributed by atoms with Gasteiger partial charge in [-0.25, -0.2) is 0 Å². The Bertz CT molecular complexity index is 359. The molecule has 1 rings (SSSR count). The van der Waals surface area contributed by atoms with Crippen LogP contribution in [0.15, 0.2) is 16.6 Å². The van der Waals surface area contributed by atoms with E-state index >= 15 is 0 Å². The topological polar surface area (TPSA) is 58.1 Å². The first kappa shape index (κ1) is 19.9. The monoisotopic (exact) mass is 326 g/mol. The lowest BCUT2D eigenvalue weighted by molar-refractivity contribution is 0.153. The molecular formula is C17H34N4O2. The number of aliphatic imine (C=N–C) groups is 1. The molecule has 6 heteroatoms. The van der Waals surface area contributed by atoms with E-state index in [-0.39, 0.29) is 0 Å². The molecule has 0 radical (unpaired) electrons. The van der Waals surface area contributed by atoms with Crippen LogP contribution in [-0.4, -0.2) is 77.6 Å². The summed E-state index contributed by atoms with van der Waals surface area (Å²) in [6.45, 7) is 9.14. The second-order valence-electron chi connectivity index (χ2n) is 5.77. The highest BCUT2D eigenvalue weighted by Crippen LogP contribution is 2.10. The first-order valence-corrected chi connectivity index (χ1v) is 8.71. The molecule has 0 saturated heterocycles. The Balaban J connectivity index is 2.22. The average Bonchev–Trinajstić information content (AvgIpc) is 2.56. The molecule has 0 fully saturated rings. The van der Waals surface area contributed by atoms with Crippen molar-refractivity contribution in [2.75, 3.05) is 66.7 Å². The lowest BCUT2D eigenvalue weighted by Gasteiger charge is -2.17. The SMILES string of the molecule is CCNC(=NCCN(C)CCCOC)NCCC1=CCOCC1. The van der Waals surface area contributed by atoms with Crippen molar-refractivity contribution in [1.29, 1.82) is 0 Å². The van der Waals surface area contributed by atoms with E-state index in [0.29, 0.717) is 0 Å². The second kappa shape index (κ2) is 13.3. The minimum Gasteiger partial charge on any atom is -0.385 e. The summed E-state index contributed by atoms with van der Waals surface area (Å²) in [6.07, 6.45) is 5.38. The lowest BCUT2D eigenvalue weighted by atomic mass is 10.1. The highest BCUT2D eigenvalue weighted by Gasteiger charge is 2.04. The molecule has 0 aromatic rings. The van der Waals surface area contributed by atoms with Crippen molar-refractivity contribution in [2.45, 2.75) is 26.2 Å². The van der Waals surface area contributed by atoms with Crippen LogP contribution < -0.4 is 10.6 Å². The van der Waals surface area contributed by atoms with Gasteiger partial charge in [-0.15, -0.1) is 0 Å². The number of nitrogens with one attached hydrogen (secondary N) is 2. The number of hydrogen-bond acceptors (Lipinski definition) is 4. The Morgan fingerprint density at radius 3 is 2.96 bits per heavy atom. The molecule has 0 saturated carbocycles. The van der Waals surface area contributed by atoms with E-state index in [1.54, 1.807) is 7.11 Å². The van der Waals surface area contributed by atoms with Crippen molar-refractivity contribution in [3.63, 3.8) is 0 Å². The number of ether oxygens (including phenoxy) is 2. The van der Waals surface area contributed by atoms with Gasteiger partial charge in [0.15, 0.2) is 5.96 Å². The second-order valence-corrected chi connectivity index (χ2v) is 5.77. The van der Waals surface area contributed by atoms with Crippen LogP contribution in [0.4, 0.5) is 0 Å². The maximum absolute atomic E-state index is 5.33. The Kier molecular flexibility index (Phi) is 11.6. The van der Waals surface area contributed by atoms with Crippen molar-refractivity contribution in [1.82, 2.24) is 15.5 Å². The molecular weight excluding hydrogens is 292 g/mol. The third-order valence-corrected chi connectivity index (χ3v) is 3.78. The maximum atomic E-state index is 5.33. The van der Waals surface area contributed by atoms with Gasteiger partial charge in [-0.1, -0.05) is 11.6 Å². The van der Waals surface area contributed by atoms with Gasteiger partial charge in [0, 0.05) is 39.9 Å². The Labute approximate surface area is 141 Å². The Morgan fingerprint density at radius 1 is 1.39 bits per heavy atom. The summed E-state index contributed by atoms with van der Waals surface area (Å²) in [5.41, 5.74) is 1.48. The van der Waals surface area contributed by atoms with Gasteiger partial charge in [-0.3, -0.25) is 4.99 Å². The van der Waals surface area contributed by atoms with E-state index in [2.05, 4.69) is 40.6 Å². The van der Waals surface area contributed by atoms with Gasteiger partial charge >= 0.3 is 0 Å². The van der Waals surface area contributed by atoms with Crippen LogP contribution in [0.25, 0.3) is 0 Å². The van der Waals surface area contributed by atoms with Crippen LogP contribution in [0.3, 0.4) is 0 Å². The van der Waals surface area contributed by atoms with Crippen molar-refractivity contribution in [2.24, 2.45) is 4.99 Å². The number of hydrogen-bond donors (Lipinski definition) is 2. The fourth-order valence-corrected chi connectivity index (χ4v) is 2.40. The van der Waals surface area contributed by atoms with Crippen molar-refractivity contribution in [3.8, 4) is 0 Å². The minimum atomic E-state index is 0.763. The van der Waals surface area contributed by atoms with Crippen LogP contribution in [0.5, 0.6) is 0 Å². The van der Waals surface area contributed by atoms with Gasteiger partial charge in [0.2, 0.25) is 0 Å². The first-order valence-electron chi connectivity index (χ1n) is 8.71. The fourth-order valence-electron chi connectivity index (χ4n) is 2.40. The van der Waals surface area contributed by atoms with E-state index in [9.17, 15) is 0 Å². The number of guanidine groups is 1. The summed E-state index contributed by atoms with van der Waals surface area (Å²) in [5, 5.41) is 6.72. The fraction of sp³-hybridized carbons (Fsp3) is 0.824. The molecule has 1 aliphatic heterocycles. The van der Waals surface area contributed by atoms with Crippen LogP contribution in [-0.2, 0) is 9.47 Å². The summed E-state index contributed by atoms with van der Waals surface area (Å²) in [7, 11) is 3.87. The summed E-state index contributed by atoms with van der Waals surface area (Å²) in [6, 6.07) is 0. The molecule has 134 valence electrons. The molecule has 0 spiro atoms. The summed E-state index contributed by atoms with van der Waals surface area (Å²) >= 11 is 0. The minimum absolute atomic E-state index is 0.763. The number of rotatable bonds is 11. The summed E-state index contributed by atoms with van der Waals surface area (Å²) in [5.74, 6) is 0.908. The van der Waals surface area contributed by atoms with Crippen LogP contribution in [0.2, 0.25) is 0 Å². The van der Waals surface area contributed by atoms with E-state index in [1.807, 2.05) is 0 Å². The largest absolute Gasteiger partial charge is 0.385 e. The highest BCUT2D eigenvalue weighted by atomic mass is 16.5. The summed E-state index contributed by atoms with van der Waals surface area (Å²) in [4.78, 5) is 6.93. The van der Waals surface area contributed by atoms with Crippen LogP contribution in [0.1, 0.15) is 26.2 Å². The van der Waals surface area contributed by atoms with E-state index < -0.39 is 0 Å². The molecule has 2 N–H and O–H groups in total. The molecule has 0 amide bonds. The lowest BCUT2D eigenvalue weighted by Crippen LogP contribution is -2.38. The Morgan fingerprint density at radius 2 is 2.26 bits per heavy atom. The zero-order valence-electron chi connectivity index (χ0n) is 15.1. The predicted molar refractivity (Wildman–Crippen MR) is 96.1 cm³/mol. The smallest absolute Gasteiger partial charge is 0.191 e. The van der Waals surface area contributed by atoms with E-state index in [0.717, 1.165) is 77.8 Å². The zero-order chi connectivity index (χ0) is 16.8. The third kappa shape index (κ3) is 10.3. The summed E-state index contributed by atoms with van der Waals surface area (Å²) < 4.78 is 10.4. The number of nitrogens with zero attached hydrogens (tertiary/aromatic N) is 2.